The molecule has 0 bridgehead atoms. The second kappa shape index (κ2) is 6.62. The molecule has 0 saturated carbocycles. The number of rotatable bonds is 3. The number of hydrogen-bond acceptors (Lipinski definition) is 4. The highest BCUT2D eigenvalue weighted by Gasteiger charge is 2.25. The molecule has 0 unspecified atom stereocenters. The van der Waals surface area contributed by atoms with E-state index in [1.54, 1.807) is 0 Å². The van der Waals surface area contributed by atoms with Gasteiger partial charge in [0.1, 0.15) is 5.00 Å². The molecule has 3 rings (SSSR count). The summed E-state index contributed by atoms with van der Waals surface area (Å²) in [5, 5.41) is 6.05. The third-order valence-corrected chi connectivity index (χ3v) is 5.06. The van der Waals surface area contributed by atoms with E-state index in [0.717, 1.165) is 27.3 Å². The smallest absolute Gasteiger partial charge is 0.324 e. The summed E-state index contributed by atoms with van der Waals surface area (Å²) in [6.07, 6.45) is 0.629. The van der Waals surface area contributed by atoms with Crippen molar-refractivity contribution in [2.24, 2.45) is 5.73 Å². The molecule has 3 amide bonds. The molecule has 0 fully saturated rings. The molecule has 2 heterocycles. The molecule has 0 radical (unpaired) electrons. The summed E-state index contributed by atoms with van der Waals surface area (Å²) in [5.41, 5.74) is 9.55. The average molecular weight is 345 g/mol. The minimum absolute atomic E-state index is 0.397. The number of thiophene rings is 1. The molecule has 0 saturated heterocycles. The highest BCUT2D eigenvalue weighted by atomic mass is 32.1. The molecule has 1 aromatic heterocycles. The molecule has 0 atom stereocenters. The van der Waals surface area contributed by atoms with Crippen LogP contribution in [0.3, 0.4) is 0 Å². The van der Waals surface area contributed by atoms with Gasteiger partial charge < -0.3 is 15.8 Å². The molecule has 0 aliphatic carbocycles. The average Bonchev–Trinajstić information content (AvgIpc) is 2.88. The predicted molar refractivity (Wildman–Crippen MR) is 94.8 cm³/mol. The topological polar surface area (TPSA) is 93.5 Å². The maximum Gasteiger partial charge on any atom is 0.324 e. The fourth-order valence-corrected chi connectivity index (χ4v) is 3.89. The van der Waals surface area contributed by atoms with E-state index in [-0.39, 0.29) is 0 Å². The fraction of sp³-hybridized carbons (Fsp3) is 0.294. The molecule has 4 N–H and O–H groups in total. The van der Waals surface area contributed by atoms with Crippen molar-refractivity contribution >= 4 is 34.0 Å². The molecule has 6 nitrogen and oxygen atoms in total. The van der Waals surface area contributed by atoms with Crippen LogP contribution in [0.4, 0.5) is 15.5 Å². The number of nitrogens with one attached hydrogen (secondary N) is 2. The number of anilines is 2. The Bertz CT molecular complexity index is 814. The van der Waals surface area contributed by atoms with Gasteiger partial charge in [0.15, 0.2) is 0 Å². The number of aryl methyl sites for hydroxylation is 2. The molecule has 1 aliphatic heterocycles. The van der Waals surface area contributed by atoms with Gasteiger partial charge >= 0.3 is 6.03 Å². The number of nitrogens with two attached hydrogens (primary N) is 1. The zero-order valence-electron chi connectivity index (χ0n) is 13.6. The number of primary amides is 1. The van der Waals surface area contributed by atoms with Gasteiger partial charge in [-0.2, -0.15) is 0 Å². The van der Waals surface area contributed by atoms with E-state index < -0.39 is 11.9 Å². The first-order chi connectivity index (χ1) is 11.5. The lowest BCUT2D eigenvalue weighted by molar-refractivity contribution is 0.0991. The third-order valence-electron chi connectivity index (χ3n) is 3.93. The van der Waals surface area contributed by atoms with Gasteiger partial charge in [-0.15, -0.1) is 11.3 Å². The first-order valence-electron chi connectivity index (χ1n) is 7.63. The maximum absolute atomic E-state index is 12.3. The van der Waals surface area contributed by atoms with Crippen LogP contribution in [-0.2, 0) is 17.8 Å². The van der Waals surface area contributed by atoms with Gasteiger partial charge in [-0.05, 0) is 43.0 Å². The summed E-state index contributed by atoms with van der Waals surface area (Å²) in [5.74, 6) is -0.531. The summed E-state index contributed by atoms with van der Waals surface area (Å²) >= 11 is 1.34. The maximum atomic E-state index is 12.3. The van der Waals surface area contributed by atoms with Crippen molar-refractivity contribution in [3.8, 4) is 0 Å². The molecule has 24 heavy (non-hydrogen) atoms. The van der Waals surface area contributed by atoms with Gasteiger partial charge in [-0.25, -0.2) is 4.79 Å². The van der Waals surface area contributed by atoms with Gasteiger partial charge in [-0.3, -0.25) is 10.1 Å². The summed E-state index contributed by atoms with van der Waals surface area (Å²) in [7, 11) is 0. The van der Waals surface area contributed by atoms with Gasteiger partial charge in [0.25, 0.3) is 5.91 Å². The largest absolute Gasteiger partial charge is 0.376 e. The minimum Gasteiger partial charge on any atom is -0.376 e. The Hall–Kier alpha value is -2.38. The summed E-state index contributed by atoms with van der Waals surface area (Å²) in [6.45, 7) is 4.88. The van der Waals surface area contributed by atoms with E-state index in [0.29, 0.717) is 30.2 Å². The molecule has 2 aromatic rings. The normalized spacial score (nSPS) is 13.2. The van der Waals surface area contributed by atoms with Crippen LogP contribution in [0.1, 0.15) is 31.9 Å². The van der Waals surface area contributed by atoms with E-state index >= 15 is 0 Å². The van der Waals surface area contributed by atoms with Gasteiger partial charge in [0.05, 0.1) is 18.8 Å². The van der Waals surface area contributed by atoms with E-state index in [1.165, 1.54) is 11.3 Å². The second-order valence-corrected chi connectivity index (χ2v) is 6.88. The number of fused-ring (bicyclic) bond motifs is 1. The highest BCUT2D eigenvalue weighted by molar-refractivity contribution is 7.17. The van der Waals surface area contributed by atoms with E-state index in [1.807, 2.05) is 32.0 Å². The molecule has 7 heteroatoms. The molecular weight excluding hydrogens is 326 g/mol. The summed E-state index contributed by atoms with van der Waals surface area (Å²) in [4.78, 5) is 25.1. The van der Waals surface area contributed by atoms with E-state index in [2.05, 4.69) is 10.6 Å². The first kappa shape index (κ1) is 16.5. The lowest BCUT2D eigenvalue weighted by Crippen LogP contribution is -2.22. The molecule has 126 valence electrons. The SMILES string of the molecule is Cc1ccc(C)c(NC(=O)Nc2sc3c(c2C(N)=O)CCOC3)c1. The summed E-state index contributed by atoms with van der Waals surface area (Å²) in [6, 6.07) is 5.43. The van der Waals surface area contributed by atoms with Crippen LogP contribution in [0, 0.1) is 13.8 Å². The van der Waals surface area contributed by atoms with Crippen LogP contribution in [0.5, 0.6) is 0 Å². The van der Waals surface area contributed by atoms with Crippen molar-refractivity contribution in [3.05, 3.63) is 45.3 Å². The molecular formula is C17H19N3O3S. The number of carbonyl (C=O) groups is 2. The Labute approximate surface area is 144 Å². The number of benzene rings is 1. The molecule has 0 spiro atoms. The minimum atomic E-state index is -0.531. The molecule has 1 aliphatic rings. The zero-order valence-corrected chi connectivity index (χ0v) is 14.4. The number of amides is 3. The lowest BCUT2D eigenvalue weighted by atomic mass is 10.1. The number of hydrogen-bond donors (Lipinski definition) is 3. The second-order valence-electron chi connectivity index (χ2n) is 5.77. The quantitative estimate of drug-likeness (QED) is 0.797. The van der Waals surface area contributed by atoms with Crippen molar-refractivity contribution in [1.82, 2.24) is 0 Å². The van der Waals surface area contributed by atoms with Crippen molar-refractivity contribution in [2.75, 3.05) is 17.2 Å². The van der Waals surface area contributed by atoms with Crippen LogP contribution in [-0.4, -0.2) is 18.5 Å². The van der Waals surface area contributed by atoms with Crippen molar-refractivity contribution in [3.63, 3.8) is 0 Å². The Balaban J connectivity index is 1.83. The van der Waals surface area contributed by atoms with Crippen LogP contribution in [0.15, 0.2) is 18.2 Å². The lowest BCUT2D eigenvalue weighted by Gasteiger charge is -2.12. The highest BCUT2D eigenvalue weighted by Crippen LogP contribution is 2.36. The van der Waals surface area contributed by atoms with Gasteiger partial charge in [0, 0.05) is 10.6 Å². The Kier molecular flexibility index (Phi) is 4.55. The fourth-order valence-electron chi connectivity index (χ4n) is 2.71. The Morgan fingerprint density at radius 2 is 2.04 bits per heavy atom. The van der Waals surface area contributed by atoms with Crippen LogP contribution >= 0.6 is 11.3 Å². The number of carbonyl (C=O) groups excluding carboxylic acids is 2. The summed E-state index contributed by atoms with van der Waals surface area (Å²) < 4.78 is 5.40. The van der Waals surface area contributed by atoms with Crippen LogP contribution < -0.4 is 16.4 Å². The standard InChI is InChI=1S/C17H19N3O3S/c1-9-3-4-10(2)12(7-9)19-17(22)20-16-14(15(18)21)11-5-6-23-8-13(11)24-16/h3-4,7H,5-6,8H2,1-2H3,(H2,18,21)(H2,19,20,22). The third kappa shape index (κ3) is 3.27. The number of ether oxygens (including phenoxy) is 1. The monoisotopic (exact) mass is 345 g/mol. The molecule has 1 aromatic carbocycles. The number of urea groups is 1. The van der Waals surface area contributed by atoms with Crippen LogP contribution in [0.25, 0.3) is 0 Å². The van der Waals surface area contributed by atoms with Crippen LogP contribution in [0.2, 0.25) is 0 Å². The van der Waals surface area contributed by atoms with Crippen molar-refractivity contribution in [2.45, 2.75) is 26.9 Å². The van der Waals surface area contributed by atoms with Gasteiger partial charge in [0.2, 0.25) is 0 Å². The Morgan fingerprint density at radius 3 is 2.79 bits per heavy atom. The van der Waals surface area contributed by atoms with E-state index in [4.69, 9.17) is 10.5 Å². The van der Waals surface area contributed by atoms with Gasteiger partial charge in [-0.1, -0.05) is 12.1 Å². The Morgan fingerprint density at radius 1 is 1.25 bits per heavy atom. The van der Waals surface area contributed by atoms with Crippen molar-refractivity contribution < 1.29 is 14.3 Å². The van der Waals surface area contributed by atoms with E-state index in [9.17, 15) is 9.59 Å². The van der Waals surface area contributed by atoms with Crippen molar-refractivity contribution in [1.29, 1.82) is 0 Å². The predicted octanol–water partition coefficient (Wildman–Crippen LogP) is 3.18. The zero-order chi connectivity index (χ0) is 17.3. The first-order valence-corrected chi connectivity index (χ1v) is 8.44.